The van der Waals surface area contributed by atoms with Crippen molar-refractivity contribution in [3.8, 4) is 11.4 Å². The highest BCUT2D eigenvalue weighted by Gasteiger charge is 2.12. The van der Waals surface area contributed by atoms with Crippen LogP contribution >= 0.6 is 0 Å². The Morgan fingerprint density at radius 3 is 2.92 bits per heavy atom. The molecule has 2 N–H and O–H groups in total. The molecule has 0 saturated carbocycles. The summed E-state index contributed by atoms with van der Waals surface area (Å²) in [7, 11) is 1.88. The maximum atomic E-state index is 12.1. The number of benzene rings is 1. The first kappa shape index (κ1) is 16.1. The molecule has 25 heavy (non-hydrogen) atoms. The Kier molecular flexibility index (Phi) is 4.38. The molecule has 2 heterocycles. The summed E-state index contributed by atoms with van der Waals surface area (Å²) in [4.78, 5) is 22.3. The van der Waals surface area contributed by atoms with Crippen LogP contribution in [0.1, 0.15) is 16.1 Å². The van der Waals surface area contributed by atoms with Gasteiger partial charge in [-0.25, -0.2) is 5.43 Å². The number of nitrogens with one attached hydrogen (secondary N) is 2. The van der Waals surface area contributed by atoms with E-state index in [0.717, 1.165) is 5.69 Å². The average Bonchev–Trinajstić information content (AvgIpc) is 3.23. The van der Waals surface area contributed by atoms with Gasteiger partial charge in [0.25, 0.3) is 11.6 Å². The third-order valence-electron chi connectivity index (χ3n) is 3.49. The molecule has 3 rings (SSSR count). The zero-order valence-electron chi connectivity index (χ0n) is 13.2. The molecule has 9 heteroatoms. The van der Waals surface area contributed by atoms with Crippen LogP contribution in [0, 0.1) is 10.1 Å². The topological polar surface area (TPSA) is 118 Å². The van der Waals surface area contributed by atoms with Crippen LogP contribution in [0.3, 0.4) is 0 Å². The third kappa shape index (κ3) is 3.61. The molecule has 0 unspecified atom stereocenters. The number of aromatic amines is 1. The van der Waals surface area contributed by atoms with E-state index in [-0.39, 0.29) is 11.4 Å². The van der Waals surface area contributed by atoms with Crippen molar-refractivity contribution < 1.29 is 9.72 Å². The number of rotatable bonds is 5. The predicted octanol–water partition coefficient (Wildman–Crippen LogP) is 2.09. The van der Waals surface area contributed by atoms with Gasteiger partial charge in [-0.3, -0.25) is 20.0 Å². The monoisotopic (exact) mass is 338 g/mol. The van der Waals surface area contributed by atoms with Gasteiger partial charge in [0.2, 0.25) is 0 Å². The zero-order chi connectivity index (χ0) is 17.8. The maximum Gasteiger partial charge on any atom is 0.289 e. The van der Waals surface area contributed by atoms with Crippen molar-refractivity contribution in [2.75, 3.05) is 0 Å². The molecule has 0 saturated heterocycles. The maximum absolute atomic E-state index is 12.1. The number of hydrogen-bond donors (Lipinski definition) is 2. The minimum Gasteiger partial charge on any atom is -0.349 e. The highest BCUT2D eigenvalue weighted by molar-refractivity contribution is 5.94. The van der Waals surface area contributed by atoms with E-state index in [1.165, 1.54) is 18.3 Å². The fraction of sp³-hybridized carbons (Fsp3) is 0.0625. The van der Waals surface area contributed by atoms with Gasteiger partial charge in [0.05, 0.1) is 16.8 Å². The first-order valence-corrected chi connectivity index (χ1v) is 7.29. The van der Waals surface area contributed by atoms with Crippen LogP contribution in [-0.2, 0) is 7.05 Å². The second-order valence-electron chi connectivity index (χ2n) is 5.22. The smallest absolute Gasteiger partial charge is 0.289 e. The second kappa shape index (κ2) is 6.79. The van der Waals surface area contributed by atoms with Gasteiger partial charge in [-0.2, -0.15) is 10.2 Å². The second-order valence-corrected chi connectivity index (χ2v) is 5.22. The van der Waals surface area contributed by atoms with Crippen LogP contribution in [0.25, 0.3) is 11.4 Å². The lowest BCUT2D eigenvalue weighted by atomic mass is 10.2. The lowest BCUT2D eigenvalue weighted by Gasteiger charge is -1.97. The first-order chi connectivity index (χ1) is 12.0. The fourth-order valence-corrected chi connectivity index (χ4v) is 2.24. The minimum atomic E-state index is -0.494. The summed E-state index contributed by atoms with van der Waals surface area (Å²) in [6.07, 6.45) is 3.21. The van der Waals surface area contributed by atoms with Gasteiger partial charge in [0, 0.05) is 30.9 Å². The molecule has 0 spiro atoms. The summed E-state index contributed by atoms with van der Waals surface area (Å²) in [5.41, 5.74) is 4.58. The number of carbonyl (C=O) groups is 1. The van der Waals surface area contributed by atoms with Gasteiger partial charge in [-0.1, -0.05) is 12.1 Å². The van der Waals surface area contributed by atoms with Crippen LogP contribution in [-0.4, -0.2) is 31.8 Å². The normalized spacial score (nSPS) is 10.9. The lowest BCUT2D eigenvalue weighted by molar-refractivity contribution is -0.384. The van der Waals surface area contributed by atoms with E-state index in [4.69, 9.17) is 0 Å². The largest absolute Gasteiger partial charge is 0.349 e. The molecule has 0 fully saturated rings. The predicted molar refractivity (Wildman–Crippen MR) is 91.2 cm³/mol. The number of H-pyrrole nitrogens is 1. The van der Waals surface area contributed by atoms with Crippen molar-refractivity contribution in [3.63, 3.8) is 0 Å². The minimum absolute atomic E-state index is 0.0453. The molecule has 9 nitrogen and oxygen atoms in total. The van der Waals surface area contributed by atoms with Crippen molar-refractivity contribution in [3.05, 3.63) is 70.0 Å². The molecule has 1 aromatic carbocycles. The van der Waals surface area contributed by atoms with Crippen LogP contribution in [0.4, 0.5) is 5.69 Å². The van der Waals surface area contributed by atoms with Gasteiger partial charge in [-0.15, -0.1) is 0 Å². The van der Waals surface area contributed by atoms with Gasteiger partial charge < -0.3 is 4.57 Å². The number of nitrogens with zero attached hydrogens (tertiary/aromatic N) is 4. The summed E-state index contributed by atoms with van der Waals surface area (Å²) in [6.45, 7) is 0. The van der Waals surface area contributed by atoms with E-state index in [1.807, 2.05) is 29.9 Å². The zero-order valence-corrected chi connectivity index (χ0v) is 13.2. The van der Waals surface area contributed by atoms with E-state index < -0.39 is 10.8 Å². The Morgan fingerprint density at radius 1 is 1.36 bits per heavy atom. The van der Waals surface area contributed by atoms with E-state index in [0.29, 0.717) is 11.3 Å². The summed E-state index contributed by atoms with van der Waals surface area (Å²) < 4.78 is 1.89. The molecule has 0 radical (unpaired) electrons. The summed E-state index contributed by atoms with van der Waals surface area (Å²) >= 11 is 0. The quantitative estimate of drug-likeness (QED) is 0.420. The number of hydrazone groups is 1. The molecule has 3 aromatic rings. The Balaban J connectivity index is 1.67. The summed E-state index contributed by atoms with van der Waals surface area (Å²) in [5.74, 6) is -0.463. The first-order valence-electron chi connectivity index (χ1n) is 7.29. The number of carbonyl (C=O) groups excluding carboxylic acids is 1. The molecule has 0 aliphatic heterocycles. The highest BCUT2D eigenvalue weighted by atomic mass is 16.6. The molecular formula is C16H14N6O3. The van der Waals surface area contributed by atoms with Crippen LogP contribution in [0.2, 0.25) is 0 Å². The average molecular weight is 338 g/mol. The number of hydrogen-bond acceptors (Lipinski definition) is 5. The van der Waals surface area contributed by atoms with Crippen molar-refractivity contribution in [1.82, 2.24) is 20.2 Å². The molecule has 0 atom stereocenters. The van der Waals surface area contributed by atoms with Gasteiger partial charge in [0.15, 0.2) is 0 Å². The van der Waals surface area contributed by atoms with E-state index in [2.05, 4.69) is 20.7 Å². The Labute approximate surface area is 142 Å². The number of aromatic nitrogens is 3. The van der Waals surface area contributed by atoms with Crippen LogP contribution in [0.15, 0.2) is 53.8 Å². The third-order valence-corrected chi connectivity index (χ3v) is 3.49. The van der Waals surface area contributed by atoms with Gasteiger partial charge >= 0.3 is 0 Å². The molecule has 0 aliphatic carbocycles. The Morgan fingerprint density at radius 2 is 2.20 bits per heavy atom. The number of non-ortho nitro benzene ring substituents is 1. The molecule has 2 aromatic heterocycles. The van der Waals surface area contributed by atoms with Gasteiger partial charge in [0.1, 0.15) is 11.4 Å². The molecule has 126 valence electrons. The summed E-state index contributed by atoms with van der Waals surface area (Å²) in [5, 5.41) is 21.3. The molecule has 0 bridgehead atoms. The highest BCUT2D eigenvalue weighted by Crippen LogP contribution is 2.17. The Hall–Kier alpha value is -3.75. The number of nitro benzene ring substituents is 1. The van der Waals surface area contributed by atoms with Crippen LogP contribution < -0.4 is 5.43 Å². The standard InChI is InChI=1S/C16H14N6O3/c1-21-7-3-6-15(21)13-9-14(19-18-13)16(23)20-17-10-11-4-2-5-12(8-11)22(24)25/h2-10H,1H3,(H,18,19)(H,20,23). The lowest BCUT2D eigenvalue weighted by Crippen LogP contribution is -2.18. The number of nitro groups is 1. The summed E-state index contributed by atoms with van der Waals surface area (Å²) in [6, 6.07) is 11.3. The Bertz CT molecular complexity index is 956. The fourth-order valence-electron chi connectivity index (χ4n) is 2.24. The van der Waals surface area contributed by atoms with Crippen molar-refractivity contribution >= 4 is 17.8 Å². The molecular weight excluding hydrogens is 324 g/mol. The van der Waals surface area contributed by atoms with E-state index >= 15 is 0 Å². The number of aryl methyl sites for hydroxylation is 1. The number of amides is 1. The van der Waals surface area contributed by atoms with Crippen molar-refractivity contribution in [2.24, 2.45) is 12.1 Å². The molecule has 0 aliphatic rings. The molecule has 1 amide bonds. The SMILES string of the molecule is Cn1cccc1-c1cc(C(=O)NN=Cc2cccc([N+](=O)[O-])c2)[nH]n1. The van der Waals surface area contributed by atoms with Crippen LogP contribution in [0.5, 0.6) is 0 Å². The van der Waals surface area contributed by atoms with E-state index in [1.54, 1.807) is 18.2 Å². The van der Waals surface area contributed by atoms with E-state index in [9.17, 15) is 14.9 Å². The van der Waals surface area contributed by atoms with Gasteiger partial charge in [-0.05, 0) is 18.2 Å². The van der Waals surface area contributed by atoms with Crippen molar-refractivity contribution in [1.29, 1.82) is 0 Å². The van der Waals surface area contributed by atoms with Crippen molar-refractivity contribution in [2.45, 2.75) is 0 Å².